The van der Waals surface area contributed by atoms with E-state index in [1.165, 1.54) is 17.3 Å². The number of aliphatic hydroxyl groups is 2. The molecule has 0 radical (unpaired) electrons. The number of esters is 1. The van der Waals surface area contributed by atoms with Gasteiger partial charge in [0.2, 0.25) is 0 Å². The van der Waals surface area contributed by atoms with Crippen molar-refractivity contribution in [3.05, 3.63) is 72.8 Å². The Morgan fingerprint density at radius 3 is 2.03 bits per heavy atom. The van der Waals surface area contributed by atoms with E-state index in [1.54, 1.807) is 6.92 Å². The van der Waals surface area contributed by atoms with Gasteiger partial charge in [-0.3, -0.25) is 4.79 Å². The number of carbonyl (C=O) groups is 1. The summed E-state index contributed by atoms with van der Waals surface area (Å²) >= 11 is 0. The molecule has 6 heteroatoms. The summed E-state index contributed by atoms with van der Waals surface area (Å²) < 4.78 is 12.4. The number of benzene rings is 2. The molecule has 0 aromatic heterocycles. The summed E-state index contributed by atoms with van der Waals surface area (Å²) in [5, 5.41) is 23.7. The van der Waals surface area contributed by atoms with Crippen LogP contribution >= 0.6 is 0 Å². The number of carbonyl (C=O) groups excluding carboxylic acids is 1. The van der Waals surface area contributed by atoms with Gasteiger partial charge in [-0.1, -0.05) is 88.0 Å². The van der Waals surface area contributed by atoms with Crippen LogP contribution in [0.2, 0.25) is 5.04 Å². The van der Waals surface area contributed by atoms with Crippen LogP contribution in [-0.4, -0.2) is 48.9 Å². The second-order valence-electron chi connectivity index (χ2n) is 10.7. The number of rotatable bonds is 7. The largest absolute Gasteiger partial charge is 0.459 e. The van der Waals surface area contributed by atoms with Crippen LogP contribution in [0, 0.1) is 5.92 Å². The summed E-state index contributed by atoms with van der Waals surface area (Å²) in [6, 6.07) is 20.7. The number of hydrogen-bond donors (Lipinski definition) is 2. The van der Waals surface area contributed by atoms with E-state index in [-0.39, 0.29) is 24.0 Å². The second-order valence-corrected chi connectivity index (χ2v) is 15.0. The smallest absolute Gasteiger partial charge is 0.303 e. The van der Waals surface area contributed by atoms with Gasteiger partial charge in [-0.15, -0.1) is 0 Å². The maximum Gasteiger partial charge on any atom is 0.303 e. The van der Waals surface area contributed by atoms with Gasteiger partial charge in [-0.2, -0.15) is 0 Å². The Balaban J connectivity index is 1.93. The highest BCUT2D eigenvalue weighted by molar-refractivity contribution is 6.99. The minimum atomic E-state index is -2.75. The zero-order valence-corrected chi connectivity index (χ0v) is 22.0. The van der Waals surface area contributed by atoms with Crippen LogP contribution in [0.25, 0.3) is 0 Å². The molecule has 4 atom stereocenters. The van der Waals surface area contributed by atoms with Gasteiger partial charge in [0.25, 0.3) is 8.32 Å². The highest BCUT2D eigenvalue weighted by Gasteiger charge is 2.51. The second kappa shape index (κ2) is 10.2. The van der Waals surface area contributed by atoms with Gasteiger partial charge in [0.05, 0.1) is 12.7 Å². The number of ether oxygens (including phenoxy) is 1. The molecule has 34 heavy (non-hydrogen) atoms. The lowest BCUT2D eigenvalue weighted by Crippen LogP contribution is -2.66. The first kappa shape index (κ1) is 26.4. The first-order valence-electron chi connectivity index (χ1n) is 11.9. The molecular formula is C28H38O5Si. The summed E-state index contributed by atoms with van der Waals surface area (Å²) in [5.74, 6) is -0.794. The van der Waals surface area contributed by atoms with Crippen LogP contribution in [0.4, 0.5) is 0 Å². The van der Waals surface area contributed by atoms with E-state index in [1.807, 2.05) is 36.4 Å². The SMILES string of the molecule is C=C(CO[Si](c1ccccc1)(c1ccccc1)C(C)(C)C)[C@H]1C[C@H](OC(C)=O)[C@@](C)(O)C[C@H]1O. The fraction of sp³-hybridized carbons (Fsp3) is 0.464. The topological polar surface area (TPSA) is 76.0 Å². The molecule has 1 aliphatic rings. The lowest BCUT2D eigenvalue weighted by Gasteiger charge is -2.45. The summed E-state index contributed by atoms with van der Waals surface area (Å²) in [4.78, 5) is 11.6. The zero-order valence-electron chi connectivity index (χ0n) is 21.0. The van der Waals surface area contributed by atoms with Gasteiger partial charge in [-0.25, -0.2) is 0 Å². The van der Waals surface area contributed by atoms with Gasteiger partial charge in [0.15, 0.2) is 0 Å². The van der Waals surface area contributed by atoms with Crippen molar-refractivity contribution in [1.29, 1.82) is 0 Å². The molecule has 2 aromatic rings. The minimum Gasteiger partial charge on any atom is -0.459 e. The van der Waals surface area contributed by atoms with Crippen LogP contribution in [0.3, 0.4) is 0 Å². The molecule has 0 amide bonds. The Bertz CT molecular complexity index is 941. The van der Waals surface area contributed by atoms with Crippen molar-refractivity contribution >= 4 is 24.7 Å². The van der Waals surface area contributed by atoms with Gasteiger partial charge >= 0.3 is 5.97 Å². The van der Waals surface area contributed by atoms with Crippen molar-refractivity contribution in [1.82, 2.24) is 0 Å². The first-order chi connectivity index (χ1) is 15.9. The molecule has 1 saturated carbocycles. The Kier molecular flexibility index (Phi) is 7.88. The molecular weight excluding hydrogens is 444 g/mol. The van der Waals surface area contributed by atoms with E-state index in [9.17, 15) is 15.0 Å². The molecule has 0 spiro atoms. The van der Waals surface area contributed by atoms with Crippen LogP contribution in [0.1, 0.15) is 47.5 Å². The third kappa shape index (κ3) is 5.36. The van der Waals surface area contributed by atoms with E-state index in [4.69, 9.17) is 9.16 Å². The molecule has 0 saturated heterocycles. The average Bonchev–Trinajstić information content (AvgIpc) is 2.76. The molecule has 3 rings (SSSR count). The van der Waals surface area contributed by atoms with E-state index in [0.29, 0.717) is 6.42 Å². The molecule has 1 fully saturated rings. The quantitative estimate of drug-likeness (QED) is 0.358. The molecule has 0 aliphatic heterocycles. The van der Waals surface area contributed by atoms with Crippen molar-refractivity contribution in [2.45, 2.75) is 70.3 Å². The van der Waals surface area contributed by atoms with Crippen molar-refractivity contribution in [2.24, 2.45) is 5.92 Å². The molecule has 0 bridgehead atoms. The Hall–Kier alpha value is -2.25. The van der Waals surface area contributed by atoms with E-state index >= 15 is 0 Å². The highest BCUT2D eigenvalue weighted by atomic mass is 28.4. The summed E-state index contributed by atoms with van der Waals surface area (Å²) in [7, 11) is -2.75. The standard InChI is InChI=1S/C28H38O5Si/c1-20(24-17-26(33-21(2)29)28(6,31)18-25(24)30)19-32-34(27(3,4)5,22-13-9-7-10-14-22)23-15-11-8-12-16-23/h7-16,24-26,30-31H,1,17-19H2,2-6H3/t24-,25-,26+,28+/m1/s1. The van der Waals surface area contributed by atoms with Gasteiger partial charge < -0.3 is 19.4 Å². The Morgan fingerprint density at radius 1 is 1.09 bits per heavy atom. The molecule has 1 aliphatic carbocycles. The predicted molar refractivity (Wildman–Crippen MR) is 138 cm³/mol. The third-order valence-electron chi connectivity index (χ3n) is 6.97. The fourth-order valence-electron chi connectivity index (χ4n) is 5.22. The molecule has 184 valence electrons. The van der Waals surface area contributed by atoms with Crippen LogP contribution in [0.15, 0.2) is 72.8 Å². The third-order valence-corrected chi connectivity index (χ3v) is 12.0. The molecule has 0 heterocycles. The summed E-state index contributed by atoms with van der Waals surface area (Å²) in [6.45, 7) is 14.1. The zero-order chi connectivity index (χ0) is 25.1. The first-order valence-corrected chi connectivity index (χ1v) is 13.8. The Morgan fingerprint density at radius 2 is 1.59 bits per heavy atom. The average molecular weight is 483 g/mol. The summed E-state index contributed by atoms with van der Waals surface area (Å²) in [6.07, 6.45) is -1.09. The van der Waals surface area contributed by atoms with Crippen LogP contribution in [0.5, 0.6) is 0 Å². The summed E-state index contributed by atoms with van der Waals surface area (Å²) in [5.41, 5.74) is -0.547. The molecule has 2 N–H and O–H groups in total. The number of aliphatic hydroxyl groups excluding tert-OH is 1. The van der Waals surface area contributed by atoms with E-state index < -0.39 is 32.1 Å². The lowest BCUT2D eigenvalue weighted by molar-refractivity contribution is -0.178. The lowest BCUT2D eigenvalue weighted by atomic mass is 9.73. The van der Waals surface area contributed by atoms with E-state index in [2.05, 4.69) is 51.6 Å². The van der Waals surface area contributed by atoms with Crippen LogP contribution < -0.4 is 10.4 Å². The van der Waals surface area contributed by atoms with Crippen molar-refractivity contribution < 1.29 is 24.2 Å². The van der Waals surface area contributed by atoms with Crippen molar-refractivity contribution in [3.63, 3.8) is 0 Å². The van der Waals surface area contributed by atoms with Crippen molar-refractivity contribution in [2.75, 3.05) is 6.61 Å². The Labute approximate surface area is 204 Å². The highest BCUT2D eigenvalue weighted by Crippen LogP contribution is 2.40. The monoisotopic (exact) mass is 482 g/mol. The van der Waals surface area contributed by atoms with Gasteiger partial charge in [0.1, 0.15) is 11.7 Å². The maximum atomic E-state index is 11.6. The minimum absolute atomic E-state index is 0.105. The van der Waals surface area contributed by atoms with Gasteiger partial charge in [0, 0.05) is 19.3 Å². The predicted octanol–water partition coefficient (Wildman–Crippen LogP) is 3.57. The van der Waals surface area contributed by atoms with Gasteiger partial charge in [-0.05, 0) is 34.3 Å². The molecule has 2 aromatic carbocycles. The van der Waals surface area contributed by atoms with Crippen molar-refractivity contribution in [3.8, 4) is 0 Å². The normalized spacial score (nSPS) is 25.6. The maximum absolute atomic E-state index is 11.6. The fourth-order valence-corrected chi connectivity index (χ4v) is 9.78. The van der Waals surface area contributed by atoms with Crippen LogP contribution in [-0.2, 0) is 14.0 Å². The number of hydrogen-bond acceptors (Lipinski definition) is 5. The van der Waals surface area contributed by atoms with E-state index in [0.717, 1.165) is 5.57 Å². The molecule has 5 nitrogen and oxygen atoms in total. The molecule has 0 unspecified atom stereocenters.